The highest BCUT2D eigenvalue weighted by molar-refractivity contribution is 6.88. The van der Waals surface area contributed by atoms with Gasteiger partial charge in [0, 0.05) is 42.7 Å². The van der Waals surface area contributed by atoms with Crippen LogP contribution in [-0.2, 0) is 26.6 Å². The van der Waals surface area contributed by atoms with Gasteiger partial charge in [-0.05, 0) is 0 Å². The molecule has 0 aliphatic rings. The minimum absolute atomic E-state index is 0.722. The summed E-state index contributed by atoms with van der Waals surface area (Å²) in [6.45, 7) is 1.81. The summed E-state index contributed by atoms with van der Waals surface area (Å²) in [6.07, 6.45) is 0. The standard InChI is InChI=1S/C8H21O6Si2/c1-8(15(9-2,10-3)11-4)16(12-5,13-6)14-7/h1-7H3. The molecule has 0 aromatic rings. The van der Waals surface area contributed by atoms with Crippen molar-refractivity contribution < 1.29 is 26.6 Å². The van der Waals surface area contributed by atoms with Crippen molar-refractivity contribution in [1.82, 2.24) is 0 Å². The average Bonchev–Trinajstić information content (AvgIpc) is 2.35. The van der Waals surface area contributed by atoms with Crippen LogP contribution in [0.25, 0.3) is 0 Å². The molecule has 0 rings (SSSR count). The summed E-state index contributed by atoms with van der Waals surface area (Å²) >= 11 is 0. The first-order chi connectivity index (χ1) is 7.52. The normalized spacial score (nSPS) is 13.5. The Morgan fingerprint density at radius 1 is 0.562 bits per heavy atom. The maximum absolute atomic E-state index is 5.36. The topological polar surface area (TPSA) is 55.4 Å². The highest BCUT2D eigenvalue weighted by atomic mass is 28.5. The zero-order chi connectivity index (χ0) is 12.8. The Morgan fingerprint density at radius 2 is 0.750 bits per heavy atom. The predicted octanol–water partition coefficient (Wildman–Crippen LogP) is 0.415. The van der Waals surface area contributed by atoms with Crippen LogP contribution >= 0.6 is 0 Å². The van der Waals surface area contributed by atoms with Crippen molar-refractivity contribution in [2.24, 2.45) is 0 Å². The van der Waals surface area contributed by atoms with Gasteiger partial charge in [-0.1, -0.05) is 6.92 Å². The van der Waals surface area contributed by atoms with Crippen molar-refractivity contribution in [2.75, 3.05) is 42.7 Å². The largest absolute Gasteiger partial charge is 0.511 e. The molecule has 0 saturated carbocycles. The van der Waals surface area contributed by atoms with Crippen molar-refractivity contribution >= 4 is 17.6 Å². The van der Waals surface area contributed by atoms with Crippen LogP contribution in [0.2, 0.25) is 0 Å². The van der Waals surface area contributed by atoms with Gasteiger partial charge in [-0.3, -0.25) is 0 Å². The molecule has 0 aromatic heterocycles. The average molecular weight is 269 g/mol. The number of hydrogen-bond donors (Lipinski definition) is 0. The Labute approximate surface area is 99.5 Å². The van der Waals surface area contributed by atoms with Gasteiger partial charge in [0.05, 0.1) is 0 Å². The Bertz CT molecular complexity index is 158. The molecule has 8 heteroatoms. The third-order valence-electron chi connectivity index (χ3n) is 2.53. The summed E-state index contributed by atoms with van der Waals surface area (Å²) in [6, 6.07) is 0. The molecule has 0 heterocycles. The second-order valence-corrected chi connectivity index (χ2v) is 9.64. The van der Waals surface area contributed by atoms with E-state index in [1.165, 1.54) is 42.7 Å². The first kappa shape index (κ1) is 16.2. The highest BCUT2D eigenvalue weighted by Crippen LogP contribution is 2.30. The summed E-state index contributed by atoms with van der Waals surface area (Å²) in [4.78, 5) is 0. The van der Waals surface area contributed by atoms with Gasteiger partial charge >= 0.3 is 17.6 Å². The molecule has 0 amide bonds. The smallest absolute Gasteiger partial charge is 0.377 e. The third kappa shape index (κ3) is 2.71. The van der Waals surface area contributed by atoms with Crippen molar-refractivity contribution in [2.45, 2.75) is 6.92 Å². The van der Waals surface area contributed by atoms with Crippen LogP contribution in [0.3, 0.4) is 0 Å². The van der Waals surface area contributed by atoms with Gasteiger partial charge in [0.2, 0.25) is 0 Å². The van der Waals surface area contributed by atoms with Gasteiger partial charge in [0.25, 0.3) is 0 Å². The second kappa shape index (κ2) is 6.81. The van der Waals surface area contributed by atoms with E-state index in [2.05, 4.69) is 0 Å². The molecule has 0 atom stereocenters. The van der Waals surface area contributed by atoms with Gasteiger partial charge < -0.3 is 26.6 Å². The summed E-state index contributed by atoms with van der Waals surface area (Å²) in [5.41, 5.74) is 0. The fourth-order valence-corrected chi connectivity index (χ4v) is 7.78. The SMILES string of the molecule is CO[Si](OC)(OC)[C](C)[Si](OC)(OC)OC. The summed E-state index contributed by atoms with van der Waals surface area (Å²) in [5, 5.41) is 0.722. The van der Waals surface area contributed by atoms with Crippen LogP contribution in [0.5, 0.6) is 0 Å². The minimum Gasteiger partial charge on any atom is -0.377 e. The van der Waals surface area contributed by atoms with Crippen molar-refractivity contribution in [1.29, 1.82) is 0 Å². The first-order valence-electron chi connectivity index (χ1n) is 4.67. The molecule has 16 heavy (non-hydrogen) atoms. The molecule has 1 radical (unpaired) electrons. The molecular formula is C8H21O6Si2. The number of rotatable bonds is 8. The monoisotopic (exact) mass is 269 g/mol. The molecule has 97 valence electrons. The van der Waals surface area contributed by atoms with E-state index < -0.39 is 17.6 Å². The lowest BCUT2D eigenvalue weighted by atomic mass is 10.9. The maximum Gasteiger partial charge on any atom is 0.511 e. The lowest BCUT2D eigenvalue weighted by Gasteiger charge is -2.37. The molecule has 6 nitrogen and oxygen atoms in total. The molecule has 0 saturated heterocycles. The molecule has 0 bridgehead atoms. The summed E-state index contributed by atoms with van der Waals surface area (Å²) < 4.78 is 32.2. The third-order valence-corrected chi connectivity index (χ3v) is 9.43. The van der Waals surface area contributed by atoms with Crippen LogP contribution in [0.15, 0.2) is 0 Å². The summed E-state index contributed by atoms with van der Waals surface area (Å²) in [5.74, 6) is 0. The fraction of sp³-hybridized carbons (Fsp3) is 0.875. The second-order valence-electron chi connectivity index (χ2n) is 2.96. The molecule has 0 spiro atoms. The Hall–Kier alpha value is 0.194. The molecule has 0 aliphatic heterocycles. The Balaban J connectivity index is 5.16. The van der Waals surface area contributed by atoms with E-state index >= 15 is 0 Å². The highest BCUT2D eigenvalue weighted by Gasteiger charge is 2.62. The fourth-order valence-electron chi connectivity index (χ4n) is 1.61. The van der Waals surface area contributed by atoms with Crippen molar-refractivity contribution in [3.8, 4) is 0 Å². The van der Waals surface area contributed by atoms with Crippen LogP contribution in [0.1, 0.15) is 6.92 Å². The van der Waals surface area contributed by atoms with E-state index in [1.807, 2.05) is 6.92 Å². The molecule has 0 unspecified atom stereocenters. The molecular weight excluding hydrogens is 248 g/mol. The Morgan fingerprint density at radius 3 is 0.875 bits per heavy atom. The van der Waals surface area contributed by atoms with Gasteiger partial charge in [-0.15, -0.1) is 0 Å². The molecule has 0 N–H and O–H groups in total. The van der Waals surface area contributed by atoms with E-state index in [0.29, 0.717) is 0 Å². The van der Waals surface area contributed by atoms with Crippen LogP contribution in [-0.4, -0.2) is 60.3 Å². The maximum atomic E-state index is 5.36. The van der Waals surface area contributed by atoms with E-state index in [4.69, 9.17) is 26.6 Å². The van der Waals surface area contributed by atoms with E-state index in [9.17, 15) is 0 Å². The zero-order valence-corrected chi connectivity index (χ0v) is 12.9. The van der Waals surface area contributed by atoms with Gasteiger partial charge in [-0.2, -0.15) is 0 Å². The Kier molecular flexibility index (Phi) is 6.90. The van der Waals surface area contributed by atoms with Crippen molar-refractivity contribution in [3.05, 3.63) is 5.16 Å². The van der Waals surface area contributed by atoms with Crippen LogP contribution < -0.4 is 0 Å². The van der Waals surface area contributed by atoms with E-state index in [0.717, 1.165) is 5.16 Å². The lowest BCUT2D eigenvalue weighted by Crippen LogP contribution is -2.63. The van der Waals surface area contributed by atoms with Crippen molar-refractivity contribution in [3.63, 3.8) is 0 Å². The molecule has 0 aliphatic carbocycles. The van der Waals surface area contributed by atoms with Crippen LogP contribution in [0, 0.1) is 5.16 Å². The summed E-state index contributed by atoms with van der Waals surface area (Å²) in [7, 11) is 3.35. The van der Waals surface area contributed by atoms with E-state index in [-0.39, 0.29) is 0 Å². The van der Waals surface area contributed by atoms with Crippen LogP contribution in [0.4, 0.5) is 0 Å². The van der Waals surface area contributed by atoms with Gasteiger partial charge in [0.15, 0.2) is 0 Å². The zero-order valence-electron chi connectivity index (χ0n) is 10.9. The van der Waals surface area contributed by atoms with Gasteiger partial charge in [-0.25, -0.2) is 0 Å². The number of hydrogen-bond acceptors (Lipinski definition) is 6. The van der Waals surface area contributed by atoms with Gasteiger partial charge in [0.1, 0.15) is 5.16 Å². The lowest BCUT2D eigenvalue weighted by molar-refractivity contribution is 0.100. The predicted molar refractivity (Wildman–Crippen MR) is 62.5 cm³/mol. The molecule has 0 aromatic carbocycles. The minimum atomic E-state index is -2.92. The first-order valence-corrected chi connectivity index (χ1v) is 8.12. The van der Waals surface area contributed by atoms with E-state index in [1.54, 1.807) is 0 Å². The quantitative estimate of drug-likeness (QED) is 0.595. The molecule has 0 fully saturated rings.